The van der Waals surface area contributed by atoms with E-state index in [1.54, 1.807) is 11.7 Å². The van der Waals surface area contributed by atoms with Crippen LogP contribution in [0.3, 0.4) is 0 Å². The van der Waals surface area contributed by atoms with Crippen LogP contribution in [0.1, 0.15) is 6.92 Å². The smallest absolute Gasteiger partial charge is 0.212 e. The number of methoxy groups -OCH3 is 1. The normalized spacial score (nSPS) is 10.1. The molecule has 0 unspecified atom stereocenters. The first kappa shape index (κ1) is 19.4. The van der Waals surface area contributed by atoms with Crippen molar-refractivity contribution in [1.82, 2.24) is 4.57 Å². The summed E-state index contributed by atoms with van der Waals surface area (Å²) in [5.41, 5.74) is 1.41. The van der Waals surface area contributed by atoms with Crippen molar-refractivity contribution in [3.63, 3.8) is 0 Å². The Bertz CT molecular complexity index is 655. The SMILES string of the molecule is CCn1c(-c2ccc(OCCOC)cc2)[c-]cc(Cl)c1=O.[Y]. The average Bonchev–Trinajstić information content (AvgIpc) is 2.51. The van der Waals surface area contributed by atoms with Gasteiger partial charge in [-0.2, -0.15) is 23.7 Å². The number of benzene rings is 1. The summed E-state index contributed by atoms with van der Waals surface area (Å²) in [7, 11) is 1.63. The van der Waals surface area contributed by atoms with Gasteiger partial charge in [0.1, 0.15) is 12.4 Å². The van der Waals surface area contributed by atoms with Crippen LogP contribution in [0.25, 0.3) is 11.3 Å². The van der Waals surface area contributed by atoms with Crippen LogP contribution >= 0.6 is 11.6 Å². The molecule has 0 N–H and O–H groups in total. The Morgan fingerprint density at radius 2 is 1.91 bits per heavy atom. The van der Waals surface area contributed by atoms with Crippen molar-refractivity contribution >= 4 is 11.6 Å². The quantitative estimate of drug-likeness (QED) is 0.558. The summed E-state index contributed by atoms with van der Waals surface area (Å²) in [6.45, 7) is 3.49. The maximum absolute atomic E-state index is 12.0. The van der Waals surface area contributed by atoms with Gasteiger partial charge >= 0.3 is 0 Å². The van der Waals surface area contributed by atoms with E-state index in [1.165, 1.54) is 6.07 Å². The van der Waals surface area contributed by atoms with Gasteiger partial charge in [0, 0.05) is 51.4 Å². The molecular weight excluding hydrogens is 379 g/mol. The molecule has 1 aromatic heterocycles. The molecular formula is C16H17ClNO3Y-. The summed E-state index contributed by atoms with van der Waals surface area (Å²) >= 11 is 5.85. The molecule has 0 amide bonds. The van der Waals surface area contributed by atoms with E-state index in [-0.39, 0.29) is 43.3 Å². The average molecular weight is 396 g/mol. The molecule has 0 saturated heterocycles. The summed E-state index contributed by atoms with van der Waals surface area (Å²) in [6, 6.07) is 12.1. The molecule has 1 radical (unpaired) electrons. The van der Waals surface area contributed by atoms with Crippen LogP contribution in [-0.4, -0.2) is 24.9 Å². The first-order chi connectivity index (χ1) is 10.2. The molecule has 0 bridgehead atoms. The Labute approximate surface area is 160 Å². The number of pyridine rings is 1. The van der Waals surface area contributed by atoms with E-state index in [0.29, 0.717) is 19.8 Å². The number of hydrogen-bond acceptors (Lipinski definition) is 3. The number of nitrogens with zero attached hydrogens (tertiary/aromatic N) is 1. The Morgan fingerprint density at radius 3 is 2.50 bits per heavy atom. The van der Waals surface area contributed by atoms with Crippen LogP contribution in [0.2, 0.25) is 5.02 Å². The molecule has 0 aliphatic heterocycles. The topological polar surface area (TPSA) is 40.5 Å². The molecule has 4 nitrogen and oxygen atoms in total. The van der Waals surface area contributed by atoms with E-state index in [1.807, 2.05) is 31.2 Å². The predicted molar refractivity (Wildman–Crippen MR) is 83.0 cm³/mol. The second kappa shape index (κ2) is 9.46. The number of rotatable bonds is 6. The Kier molecular flexibility index (Phi) is 8.33. The van der Waals surface area contributed by atoms with Gasteiger partial charge in [-0.3, -0.25) is 4.79 Å². The van der Waals surface area contributed by atoms with E-state index < -0.39 is 0 Å². The third-order valence-electron chi connectivity index (χ3n) is 3.06. The van der Waals surface area contributed by atoms with Gasteiger partial charge in [0.15, 0.2) is 0 Å². The van der Waals surface area contributed by atoms with Crippen LogP contribution in [0.15, 0.2) is 35.1 Å². The first-order valence-corrected chi connectivity index (χ1v) is 7.08. The minimum atomic E-state index is -0.201. The molecule has 1 heterocycles. The molecule has 0 aliphatic rings. The minimum Gasteiger partial charge on any atom is -0.491 e. The molecule has 0 atom stereocenters. The van der Waals surface area contributed by atoms with Crippen LogP contribution in [0.5, 0.6) is 5.75 Å². The maximum Gasteiger partial charge on any atom is 0.212 e. The van der Waals surface area contributed by atoms with Crippen molar-refractivity contribution < 1.29 is 42.2 Å². The Morgan fingerprint density at radius 1 is 1.23 bits per heavy atom. The van der Waals surface area contributed by atoms with Gasteiger partial charge in [0.25, 0.3) is 0 Å². The Hall–Kier alpha value is -0.676. The summed E-state index contributed by atoms with van der Waals surface area (Å²) in [5, 5.41) is 0.181. The third kappa shape index (κ3) is 4.66. The zero-order valence-corrected chi connectivity index (χ0v) is 16.2. The molecule has 1 aromatic carbocycles. The summed E-state index contributed by atoms with van der Waals surface area (Å²) in [5.74, 6) is 0.759. The molecule has 6 heteroatoms. The van der Waals surface area contributed by atoms with Gasteiger partial charge in [0.05, 0.1) is 6.61 Å². The maximum atomic E-state index is 12.0. The zero-order valence-electron chi connectivity index (χ0n) is 12.6. The van der Waals surface area contributed by atoms with E-state index in [0.717, 1.165) is 17.0 Å². The molecule has 22 heavy (non-hydrogen) atoms. The fourth-order valence-electron chi connectivity index (χ4n) is 1.99. The molecule has 0 saturated carbocycles. The molecule has 115 valence electrons. The largest absolute Gasteiger partial charge is 0.491 e. The van der Waals surface area contributed by atoms with Crippen LogP contribution in [0, 0.1) is 6.07 Å². The van der Waals surface area contributed by atoms with Gasteiger partial charge < -0.3 is 14.0 Å². The van der Waals surface area contributed by atoms with Gasteiger partial charge in [-0.1, -0.05) is 11.3 Å². The first-order valence-electron chi connectivity index (χ1n) is 6.70. The molecule has 2 rings (SSSR count). The fraction of sp³-hybridized carbons (Fsp3) is 0.312. The predicted octanol–water partition coefficient (Wildman–Crippen LogP) is 3.01. The molecule has 0 fully saturated rings. The van der Waals surface area contributed by atoms with E-state index in [2.05, 4.69) is 6.07 Å². The standard InChI is InChI=1S/C16H17ClNO3.Y/c1-3-18-15(9-8-14(17)16(18)19)12-4-6-13(7-5-12)21-11-10-20-2;/h4-8H,3,10-11H2,1-2H3;/q-1;. The second-order valence-corrected chi connectivity index (χ2v) is 4.81. The second-order valence-electron chi connectivity index (χ2n) is 4.40. The van der Waals surface area contributed by atoms with Crippen LogP contribution in [0.4, 0.5) is 0 Å². The van der Waals surface area contributed by atoms with Crippen molar-refractivity contribution in [1.29, 1.82) is 0 Å². The van der Waals surface area contributed by atoms with Crippen molar-refractivity contribution in [2.75, 3.05) is 20.3 Å². The van der Waals surface area contributed by atoms with Crippen LogP contribution < -0.4 is 10.3 Å². The molecule has 0 aliphatic carbocycles. The molecule has 2 aromatic rings. The van der Waals surface area contributed by atoms with E-state index in [9.17, 15) is 4.79 Å². The number of ether oxygens (including phenoxy) is 2. The van der Waals surface area contributed by atoms with Gasteiger partial charge in [-0.15, -0.1) is 12.1 Å². The summed E-state index contributed by atoms with van der Waals surface area (Å²) in [4.78, 5) is 12.0. The Balaban J connectivity index is 0.00000242. The van der Waals surface area contributed by atoms with E-state index >= 15 is 0 Å². The van der Waals surface area contributed by atoms with Crippen molar-refractivity contribution in [3.05, 3.63) is 51.8 Å². The van der Waals surface area contributed by atoms with E-state index in [4.69, 9.17) is 21.1 Å². The number of hydrogen-bond donors (Lipinski definition) is 0. The third-order valence-corrected chi connectivity index (χ3v) is 3.33. The molecule has 0 spiro atoms. The van der Waals surface area contributed by atoms with Crippen LogP contribution in [-0.2, 0) is 44.0 Å². The van der Waals surface area contributed by atoms with Gasteiger partial charge in [-0.05, 0) is 19.1 Å². The van der Waals surface area contributed by atoms with Gasteiger partial charge in [0.2, 0.25) is 5.56 Å². The summed E-state index contributed by atoms with van der Waals surface area (Å²) < 4.78 is 12.0. The number of aromatic nitrogens is 1. The minimum absolute atomic E-state index is 0. The van der Waals surface area contributed by atoms with Crippen molar-refractivity contribution in [2.45, 2.75) is 13.5 Å². The summed E-state index contributed by atoms with van der Waals surface area (Å²) in [6.07, 6.45) is 0. The van der Waals surface area contributed by atoms with Crippen molar-refractivity contribution in [3.8, 4) is 17.0 Å². The number of halogens is 1. The zero-order chi connectivity index (χ0) is 15.2. The van der Waals surface area contributed by atoms with Gasteiger partial charge in [-0.25, -0.2) is 0 Å². The van der Waals surface area contributed by atoms with Crippen molar-refractivity contribution in [2.24, 2.45) is 0 Å². The monoisotopic (exact) mass is 395 g/mol. The fourth-order valence-corrected chi connectivity index (χ4v) is 2.15.